The van der Waals surface area contributed by atoms with E-state index < -0.39 is 0 Å². The summed E-state index contributed by atoms with van der Waals surface area (Å²) in [6.07, 6.45) is 3.06. The fourth-order valence-corrected chi connectivity index (χ4v) is 0.852. The highest BCUT2D eigenvalue weighted by atomic mass is 16.3. The van der Waals surface area contributed by atoms with Gasteiger partial charge in [-0.1, -0.05) is 33.6 Å². The van der Waals surface area contributed by atoms with Crippen molar-refractivity contribution in [3.05, 3.63) is 0 Å². The van der Waals surface area contributed by atoms with E-state index in [4.69, 9.17) is 0 Å². The molecule has 0 spiro atoms. The van der Waals surface area contributed by atoms with Crippen LogP contribution < -0.4 is 0 Å². The lowest BCUT2D eigenvalue weighted by Gasteiger charge is -2.15. The molecule has 0 radical (unpaired) electrons. The predicted octanol–water partition coefficient (Wildman–Crippen LogP) is 2.19. The van der Waals surface area contributed by atoms with E-state index in [9.17, 15) is 5.11 Å². The van der Waals surface area contributed by atoms with Gasteiger partial charge in [0.2, 0.25) is 0 Å². The second-order valence-electron chi connectivity index (χ2n) is 2.74. The molecule has 0 amide bonds. The van der Waals surface area contributed by atoms with Crippen LogP contribution in [0.3, 0.4) is 0 Å². The average Bonchev–Trinajstić information content (AvgIpc) is 1.87. The molecule has 1 unspecified atom stereocenters. The minimum Gasteiger partial charge on any atom is -0.393 e. The lowest BCUT2D eigenvalue weighted by Crippen LogP contribution is -2.15. The molecular weight excluding hydrogens is 112 g/mol. The Balaban J connectivity index is 3.32. The number of aliphatic hydroxyl groups excluding tert-OH is 1. The molecule has 0 aliphatic carbocycles. The Labute approximate surface area is 58.1 Å². The molecule has 0 rings (SSSR count). The van der Waals surface area contributed by atoms with Crippen LogP contribution in [-0.2, 0) is 0 Å². The van der Waals surface area contributed by atoms with Gasteiger partial charge in [0.15, 0.2) is 0 Å². The number of hydrogen-bond donors (Lipinski definition) is 1. The Morgan fingerprint density at radius 3 is 2.22 bits per heavy atom. The number of rotatable bonds is 4. The van der Waals surface area contributed by atoms with Crippen LogP contribution in [0.1, 0.15) is 40.0 Å². The second kappa shape index (κ2) is 4.80. The van der Waals surface area contributed by atoms with Crippen LogP contribution in [0.4, 0.5) is 0 Å². The maximum absolute atomic E-state index is 9.32. The topological polar surface area (TPSA) is 20.2 Å². The summed E-state index contributed by atoms with van der Waals surface area (Å²) in [5.41, 5.74) is 0. The summed E-state index contributed by atoms with van der Waals surface area (Å²) in [5, 5.41) is 9.32. The van der Waals surface area contributed by atoms with Crippen molar-refractivity contribution in [2.75, 3.05) is 0 Å². The van der Waals surface area contributed by atoms with Gasteiger partial charge >= 0.3 is 0 Å². The molecular formula is C8H18O. The third-order valence-corrected chi connectivity index (χ3v) is 1.89. The SMILES string of the molecule is CCCC(O)[C@@H](C)CC. The lowest BCUT2D eigenvalue weighted by atomic mass is 9.98. The highest BCUT2D eigenvalue weighted by Gasteiger charge is 2.09. The zero-order chi connectivity index (χ0) is 7.28. The molecule has 9 heavy (non-hydrogen) atoms. The van der Waals surface area contributed by atoms with E-state index in [0.717, 1.165) is 19.3 Å². The van der Waals surface area contributed by atoms with Gasteiger partial charge in [-0.3, -0.25) is 0 Å². The van der Waals surface area contributed by atoms with Gasteiger partial charge < -0.3 is 5.11 Å². The van der Waals surface area contributed by atoms with Crippen LogP contribution >= 0.6 is 0 Å². The Morgan fingerprint density at radius 1 is 1.33 bits per heavy atom. The number of hydrogen-bond acceptors (Lipinski definition) is 1. The Kier molecular flexibility index (Phi) is 4.78. The van der Waals surface area contributed by atoms with E-state index in [1.165, 1.54) is 0 Å². The second-order valence-corrected chi connectivity index (χ2v) is 2.74. The standard InChI is InChI=1S/C8H18O/c1-4-6-8(9)7(3)5-2/h7-9H,4-6H2,1-3H3/t7-,8?/m0/s1. The summed E-state index contributed by atoms with van der Waals surface area (Å²) in [7, 11) is 0. The molecule has 0 aromatic rings. The van der Waals surface area contributed by atoms with Crippen LogP contribution in [0.5, 0.6) is 0 Å². The summed E-state index contributed by atoms with van der Waals surface area (Å²) in [6.45, 7) is 6.31. The predicted molar refractivity (Wildman–Crippen MR) is 40.4 cm³/mol. The Morgan fingerprint density at radius 2 is 1.89 bits per heavy atom. The van der Waals surface area contributed by atoms with Crippen molar-refractivity contribution in [2.24, 2.45) is 5.92 Å². The molecule has 1 N–H and O–H groups in total. The van der Waals surface area contributed by atoms with Gasteiger partial charge in [-0.05, 0) is 12.3 Å². The molecule has 1 heteroatoms. The molecule has 0 saturated heterocycles. The van der Waals surface area contributed by atoms with Gasteiger partial charge in [0.05, 0.1) is 6.10 Å². The summed E-state index contributed by atoms with van der Waals surface area (Å²) < 4.78 is 0. The van der Waals surface area contributed by atoms with E-state index in [-0.39, 0.29) is 6.10 Å². The van der Waals surface area contributed by atoms with Crippen LogP contribution in [0.2, 0.25) is 0 Å². The zero-order valence-corrected chi connectivity index (χ0v) is 6.72. The molecule has 0 bridgehead atoms. The van der Waals surface area contributed by atoms with Gasteiger partial charge in [0.25, 0.3) is 0 Å². The van der Waals surface area contributed by atoms with E-state index >= 15 is 0 Å². The molecule has 0 aliphatic heterocycles. The molecule has 0 saturated carbocycles. The van der Waals surface area contributed by atoms with Crippen molar-refractivity contribution in [1.29, 1.82) is 0 Å². The van der Waals surface area contributed by atoms with Gasteiger partial charge in [-0.2, -0.15) is 0 Å². The molecule has 0 heterocycles. The first kappa shape index (κ1) is 8.96. The molecule has 56 valence electrons. The quantitative estimate of drug-likeness (QED) is 0.618. The van der Waals surface area contributed by atoms with Gasteiger partial charge in [0, 0.05) is 0 Å². The Bertz CT molecular complexity index is 61.6. The normalized spacial score (nSPS) is 17.3. The van der Waals surface area contributed by atoms with Gasteiger partial charge in [-0.15, -0.1) is 0 Å². The third-order valence-electron chi connectivity index (χ3n) is 1.89. The maximum Gasteiger partial charge on any atom is 0.0565 e. The van der Waals surface area contributed by atoms with Crippen LogP contribution in [0, 0.1) is 5.92 Å². The molecule has 1 nitrogen and oxygen atoms in total. The van der Waals surface area contributed by atoms with Crippen LogP contribution in [-0.4, -0.2) is 11.2 Å². The average molecular weight is 130 g/mol. The van der Waals surface area contributed by atoms with Crippen molar-refractivity contribution in [1.82, 2.24) is 0 Å². The van der Waals surface area contributed by atoms with Crippen molar-refractivity contribution in [3.8, 4) is 0 Å². The fourth-order valence-electron chi connectivity index (χ4n) is 0.852. The first-order valence-corrected chi connectivity index (χ1v) is 3.90. The summed E-state index contributed by atoms with van der Waals surface area (Å²) in [4.78, 5) is 0. The third kappa shape index (κ3) is 3.52. The minimum absolute atomic E-state index is 0.0694. The summed E-state index contributed by atoms with van der Waals surface area (Å²) in [6, 6.07) is 0. The summed E-state index contributed by atoms with van der Waals surface area (Å²) >= 11 is 0. The molecule has 0 fully saturated rings. The van der Waals surface area contributed by atoms with Crippen molar-refractivity contribution in [2.45, 2.75) is 46.1 Å². The molecule has 0 aromatic heterocycles. The maximum atomic E-state index is 9.32. The first-order chi connectivity index (χ1) is 4.22. The van der Waals surface area contributed by atoms with E-state index in [0.29, 0.717) is 5.92 Å². The Hall–Kier alpha value is -0.0400. The molecule has 0 aliphatic rings. The van der Waals surface area contributed by atoms with Crippen molar-refractivity contribution < 1.29 is 5.11 Å². The van der Waals surface area contributed by atoms with Crippen molar-refractivity contribution in [3.63, 3.8) is 0 Å². The van der Waals surface area contributed by atoms with E-state index in [2.05, 4.69) is 20.8 Å². The van der Waals surface area contributed by atoms with Crippen molar-refractivity contribution >= 4 is 0 Å². The van der Waals surface area contributed by atoms with Crippen LogP contribution in [0.25, 0.3) is 0 Å². The minimum atomic E-state index is -0.0694. The number of aliphatic hydroxyl groups is 1. The van der Waals surface area contributed by atoms with Gasteiger partial charge in [0.1, 0.15) is 0 Å². The smallest absolute Gasteiger partial charge is 0.0565 e. The molecule has 0 aromatic carbocycles. The lowest BCUT2D eigenvalue weighted by molar-refractivity contribution is 0.105. The highest BCUT2D eigenvalue weighted by Crippen LogP contribution is 2.11. The van der Waals surface area contributed by atoms with Crippen LogP contribution in [0.15, 0.2) is 0 Å². The van der Waals surface area contributed by atoms with E-state index in [1.807, 2.05) is 0 Å². The first-order valence-electron chi connectivity index (χ1n) is 3.90. The van der Waals surface area contributed by atoms with Gasteiger partial charge in [-0.25, -0.2) is 0 Å². The molecule has 2 atom stereocenters. The zero-order valence-electron chi connectivity index (χ0n) is 6.72. The largest absolute Gasteiger partial charge is 0.393 e. The monoisotopic (exact) mass is 130 g/mol. The fraction of sp³-hybridized carbons (Fsp3) is 1.00. The van der Waals surface area contributed by atoms with E-state index in [1.54, 1.807) is 0 Å². The summed E-state index contributed by atoms with van der Waals surface area (Å²) in [5.74, 6) is 0.477. The highest BCUT2D eigenvalue weighted by molar-refractivity contribution is 4.61.